The van der Waals surface area contributed by atoms with E-state index in [9.17, 15) is 4.79 Å². The summed E-state index contributed by atoms with van der Waals surface area (Å²) in [6.07, 6.45) is 5.48. The van der Waals surface area contributed by atoms with Crippen LogP contribution in [0.1, 0.15) is 39.0 Å². The first-order valence-corrected chi connectivity index (χ1v) is 6.96. The highest BCUT2D eigenvalue weighted by Crippen LogP contribution is 2.47. The number of likely N-dealkylation sites (tertiary alicyclic amines) is 1. The van der Waals surface area contributed by atoms with E-state index >= 15 is 0 Å². The number of hydrogen-bond acceptors (Lipinski definition) is 5. The first kappa shape index (κ1) is 12.0. The molecular weight excluding hydrogens is 232 g/mol. The molecule has 0 spiro atoms. The number of rotatable bonds is 3. The lowest BCUT2D eigenvalue weighted by molar-refractivity contribution is -0.142. The summed E-state index contributed by atoms with van der Waals surface area (Å²) in [6.45, 7) is 4.32. The fourth-order valence-corrected chi connectivity index (χ4v) is 3.53. The van der Waals surface area contributed by atoms with Gasteiger partial charge in [-0.3, -0.25) is 4.90 Å². The Labute approximate surface area is 107 Å². The zero-order valence-electron chi connectivity index (χ0n) is 10.9. The van der Waals surface area contributed by atoms with E-state index in [1.165, 1.54) is 12.8 Å². The van der Waals surface area contributed by atoms with Crippen LogP contribution in [-0.4, -0.2) is 42.0 Å². The molecule has 100 valence electrons. The smallest absolute Gasteiger partial charge is 0.356 e. The number of carbonyl (C=O) groups is 1. The zero-order valence-corrected chi connectivity index (χ0v) is 10.9. The van der Waals surface area contributed by atoms with Crippen LogP contribution in [0.5, 0.6) is 0 Å². The van der Waals surface area contributed by atoms with Gasteiger partial charge in [-0.1, -0.05) is 5.16 Å². The van der Waals surface area contributed by atoms with Gasteiger partial charge < -0.3 is 9.57 Å². The number of ether oxygens (including phenoxy) is 1. The van der Waals surface area contributed by atoms with Gasteiger partial charge in [0, 0.05) is 19.5 Å². The Morgan fingerprint density at radius 3 is 3.00 bits per heavy atom. The maximum absolute atomic E-state index is 11.9. The molecule has 0 amide bonds. The number of esters is 1. The van der Waals surface area contributed by atoms with Gasteiger partial charge in [0.2, 0.25) is 0 Å². The summed E-state index contributed by atoms with van der Waals surface area (Å²) in [5.41, 5.74) is 0.166. The monoisotopic (exact) mass is 252 g/mol. The van der Waals surface area contributed by atoms with E-state index in [2.05, 4.69) is 10.1 Å². The van der Waals surface area contributed by atoms with Gasteiger partial charge >= 0.3 is 5.97 Å². The highest BCUT2D eigenvalue weighted by Gasteiger charge is 2.58. The second-order valence-corrected chi connectivity index (χ2v) is 5.27. The molecule has 3 rings (SSSR count). The molecule has 1 saturated carbocycles. The molecule has 18 heavy (non-hydrogen) atoms. The largest absolute Gasteiger partial charge is 0.461 e. The van der Waals surface area contributed by atoms with Crippen molar-refractivity contribution in [1.29, 1.82) is 0 Å². The van der Waals surface area contributed by atoms with Gasteiger partial charge in [-0.05, 0) is 32.6 Å². The summed E-state index contributed by atoms with van der Waals surface area (Å²) in [5.74, 6) is -0.194. The maximum atomic E-state index is 11.9. The molecule has 0 radical (unpaired) electrons. The molecule has 2 atom stereocenters. The Balaban J connectivity index is 1.80. The molecule has 5 nitrogen and oxygen atoms in total. The van der Waals surface area contributed by atoms with E-state index in [0.717, 1.165) is 32.4 Å². The van der Waals surface area contributed by atoms with Crippen LogP contribution in [0.3, 0.4) is 0 Å². The molecule has 0 aromatic rings. The number of nitrogens with zero attached hydrogens (tertiary/aromatic N) is 2. The minimum absolute atomic E-state index is 0.106. The normalized spacial score (nSPS) is 35.2. The van der Waals surface area contributed by atoms with E-state index in [0.29, 0.717) is 12.3 Å². The predicted molar refractivity (Wildman–Crippen MR) is 66.0 cm³/mol. The van der Waals surface area contributed by atoms with Gasteiger partial charge in [0.25, 0.3) is 0 Å². The van der Waals surface area contributed by atoms with Crippen LogP contribution in [0.4, 0.5) is 0 Å². The molecule has 0 aromatic carbocycles. The zero-order chi connectivity index (χ0) is 12.6. The van der Waals surface area contributed by atoms with Crippen LogP contribution in [0.15, 0.2) is 5.16 Å². The third-order valence-electron chi connectivity index (χ3n) is 4.33. The van der Waals surface area contributed by atoms with Crippen molar-refractivity contribution < 1.29 is 14.4 Å². The lowest BCUT2D eigenvalue weighted by Gasteiger charge is -2.36. The molecule has 0 aromatic heterocycles. The standard InChI is InChI=1S/C13H20N2O3/c1-2-17-12(16)11-10-6-5-7-13(10,18-14-11)15-8-3-4-9-15/h10H,2-9H2,1H3. The van der Waals surface area contributed by atoms with Crippen LogP contribution in [0.2, 0.25) is 0 Å². The number of oxime groups is 1. The van der Waals surface area contributed by atoms with Gasteiger partial charge in [0.05, 0.1) is 12.5 Å². The van der Waals surface area contributed by atoms with E-state index in [1.54, 1.807) is 0 Å². The minimum atomic E-state index is -0.335. The fraction of sp³-hybridized carbons (Fsp3) is 0.846. The molecule has 1 saturated heterocycles. The molecule has 2 aliphatic heterocycles. The third-order valence-corrected chi connectivity index (χ3v) is 4.33. The van der Waals surface area contributed by atoms with E-state index in [4.69, 9.17) is 9.57 Å². The van der Waals surface area contributed by atoms with E-state index in [-0.39, 0.29) is 17.6 Å². The lowest BCUT2D eigenvalue weighted by atomic mass is 9.93. The van der Waals surface area contributed by atoms with Crippen molar-refractivity contribution in [1.82, 2.24) is 4.90 Å². The van der Waals surface area contributed by atoms with E-state index < -0.39 is 0 Å². The van der Waals surface area contributed by atoms with Crippen molar-refractivity contribution in [3.63, 3.8) is 0 Å². The molecule has 1 aliphatic carbocycles. The van der Waals surface area contributed by atoms with Crippen molar-refractivity contribution >= 4 is 11.7 Å². The Kier molecular flexibility index (Phi) is 3.01. The average Bonchev–Trinajstić information content (AvgIpc) is 3.04. The van der Waals surface area contributed by atoms with Crippen molar-refractivity contribution in [3.8, 4) is 0 Å². The molecule has 2 fully saturated rings. The summed E-state index contributed by atoms with van der Waals surface area (Å²) in [7, 11) is 0. The second kappa shape index (κ2) is 4.53. The van der Waals surface area contributed by atoms with Crippen LogP contribution < -0.4 is 0 Å². The van der Waals surface area contributed by atoms with Gasteiger partial charge in [0.15, 0.2) is 11.4 Å². The Hall–Kier alpha value is -1.10. The minimum Gasteiger partial charge on any atom is -0.461 e. The average molecular weight is 252 g/mol. The van der Waals surface area contributed by atoms with Crippen LogP contribution in [-0.2, 0) is 14.4 Å². The molecule has 0 N–H and O–H groups in total. The Bertz CT molecular complexity index is 376. The SMILES string of the molecule is CCOC(=O)C1=NOC2(N3CCCC3)CCCC12. The summed E-state index contributed by atoms with van der Waals surface area (Å²) >= 11 is 0. The maximum Gasteiger partial charge on any atom is 0.356 e. The van der Waals surface area contributed by atoms with Crippen LogP contribution >= 0.6 is 0 Å². The lowest BCUT2D eigenvalue weighted by Crippen LogP contribution is -2.51. The quantitative estimate of drug-likeness (QED) is 0.715. The van der Waals surface area contributed by atoms with Crippen LogP contribution in [0.25, 0.3) is 0 Å². The van der Waals surface area contributed by atoms with Gasteiger partial charge in [0.1, 0.15) is 0 Å². The second-order valence-electron chi connectivity index (χ2n) is 5.27. The molecular formula is C13H20N2O3. The molecule has 0 bridgehead atoms. The number of carbonyl (C=O) groups excluding carboxylic acids is 1. The summed E-state index contributed by atoms with van der Waals surface area (Å²) in [4.78, 5) is 20.0. The van der Waals surface area contributed by atoms with Crippen molar-refractivity contribution in [2.45, 2.75) is 44.8 Å². The van der Waals surface area contributed by atoms with Crippen molar-refractivity contribution in [2.75, 3.05) is 19.7 Å². The third kappa shape index (κ3) is 1.64. The topological polar surface area (TPSA) is 51.1 Å². The molecule has 5 heteroatoms. The number of fused-ring (bicyclic) bond motifs is 1. The first-order valence-electron chi connectivity index (χ1n) is 6.96. The molecule has 2 unspecified atom stereocenters. The summed E-state index contributed by atoms with van der Waals surface area (Å²) in [5, 5.41) is 4.06. The predicted octanol–water partition coefficient (Wildman–Crippen LogP) is 1.53. The highest BCUT2D eigenvalue weighted by molar-refractivity contribution is 6.37. The van der Waals surface area contributed by atoms with Gasteiger partial charge in [-0.25, -0.2) is 4.79 Å². The molecule has 2 heterocycles. The Morgan fingerprint density at radius 2 is 2.28 bits per heavy atom. The van der Waals surface area contributed by atoms with Crippen molar-refractivity contribution in [3.05, 3.63) is 0 Å². The Morgan fingerprint density at radius 1 is 1.50 bits per heavy atom. The summed E-state index contributed by atoms with van der Waals surface area (Å²) < 4.78 is 5.07. The van der Waals surface area contributed by atoms with Crippen molar-refractivity contribution in [2.24, 2.45) is 11.1 Å². The van der Waals surface area contributed by atoms with Gasteiger partial charge in [-0.15, -0.1) is 0 Å². The van der Waals surface area contributed by atoms with Crippen LogP contribution in [0, 0.1) is 5.92 Å². The van der Waals surface area contributed by atoms with E-state index in [1.807, 2.05) is 6.92 Å². The van der Waals surface area contributed by atoms with Gasteiger partial charge in [-0.2, -0.15) is 0 Å². The first-order chi connectivity index (χ1) is 8.78. The fourth-order valence-electron chi connectivity index (χ4n) is 3.53. The highest BCUT2D eigenvalue weighted by atomic mass is 16.7. The summed E-state index contributed by atoms with van der Waals surface area (Å²) in [6, 6.07) is 0. The number of hydrogen-bond donors (Lipinski definition) is 0. The molecule has 3 aliphatic rings.